The monoisotopic (exact) mass is 261 g/mol. The molecule has 2 rings (SSSR count). The molecule has 0 radical (unpaired) electrons. The zero-order chi connectivity index (χ0) is 13.0. The van der Waals surface area contributed by atoms with Crippen molar-refractivity contribution in [3.05, 3.63) is 64.7 Å². The highest BCUT2D eigenvalue weighted by Gasteiger charge is 2.11. The van der Waals surface area contributed by atoms with Crippen LogP contribution in [-0.2, 0) is 6.61 Å². The molecule has 2 aromatic rings. The Morgan fingerprint density at radius 1 is 1.17 bits per heavy atom. The maximum atomic E-state index is 12.1. The van der Waals surface area contributed by atoms with Gasteiger partial charge in [0.2, 0.25) is 0 Å². The number of hydrogen-bond acceptors (Lipinski definition) is 2. The van der Waals surface area contributed by atoms with Crippen LogP contribution >= 0.6 is 11.6 Å². The molecular formula is C14H12ClNO2. The summed E-state index contributed by atoms with van der Waals surface area (Å²) in [5, 5.41) is 12.4. The third-order valence-corrected chi connectivity index (χ3v) is 2.75. The number of carbonyl (C=O) groups excluding carboxylic acids is 1. The van der Waals surface area contributed by atoms with Gasteiger partial charge in [-0.2, -0.15) is 0 Å². The van der Waals surface area contributed by atoms with Gasteiger partial charge >= 0.3 is 0 Å². The zero-order valence-electron chi connectivity index (χ0n) is 9.56. The topological polar surface area (TPSA) is 49.3 Å². The Morgan fingerprint density at radius 3 is 2.56 bits per heavy atom. The molecule has 0 spiro atoms. The smallest absolute Gasteiger partial charge is 0.256 e. The molecule has 4 heteroatoms. The highest BCUT2D eigenvalue weighted by Crippen LogP contribution is 2.18. The summed E-state index contributed by atoms with van der Waals surface area (Å²) < 4.78 is 0. The first-order valence-corrected chi connectivity index (χ1v) is 5.84. The Kier molecular flexibility index (Phi) is 3.97. The van der Waals surface area contributed by atoms with Crippen molar-refractivity contribution < 1.29 is 9.90 Å². The second-order valence-electron chi connectivity index (χ2n) is 3.78. The number of halogens is 1. The third kappa shape index (κ3) is 2.88. The van der Waals surface area contributed by atoms with Gasteiger partial charge in [-0.25, -0.2) is 0 Å². The molecule has 0 aromatic heterocycles. The number of hydrogen-bond donors (Lipinski definition) is 2. The van der Waals surface area contributed by atoms with Crippen LogP contribution in [0.25, 0.3) is 0 Å². The predicted octanol–water partition coefficient (Wildman–Crippen LogP) is 3.08. The fraction of sp³-hybridized carbons (Fsp3) is 0.0714. The van der Waals surface area contributed by atoms with Gasteiger partial charge < -0.3 is 10.4 Å². The van der Waals surface area contributed by atoms with Gasteiger partial charge in [-0.15, -0.1) is 0 Å². The van der Waals surface area contributed by atoms with E-state index in [2.05, 4.69) is 5.32 Å². The van der Waals surface area contributed by atoms with E-state index in [9.17, 15) is 9.90 Å². The number of aliphatic hydroxyl groups is 1. The highest BCUT2D eigenvalue weighted by atomic mass is 35.5. The Morgan fingerprint density at radius 2 is 1.89 bits per heavy atom. The first-order chi connectivity index (χ1) is 8.70. The third-order valence-electron chi connectivity index (χ3n) is 2.52. The Balaban J connectivity index is 2.26. The van der Waals surface area contributed by atoms with Crippen LogP contribution in [0.2, 0.25) is 5.02 Å². The van der Waals surface area contributed by atoms with Crippen molar-refractivity contribution >= 4 is 23.2 Å². The van der Waals surface area contributed by atoms with Crippen molar-refractivity contribution in [3.63, 3.8) is 0 Å². The fourth-order valence-electron chi connectivity index (χ4n) is 1.62. The summed E-state index contributed by atoms with van der Waals surface area (Å²) in [7, 11) is 0. The molecule has 0 bridgehead atoms. The average Bonchev–Trinajstić information content (AvgIpc) is 2.40. The molecule has 18 heavy (non-hydrogen) atoms. The summed E-state index contributed by atoms with van der Waals surface area (Å²) in [6.07, 6.45) is 0. The molecule has 2 N–H and O–H groups in total. The second-order valence-corrected chi connectivity index (χ2v) is 4.22. The standard InChI is InChI=1S/C14H12ClNO2/c15-11-7-6-10(9-17)13(8-11)14(18)16-12-4-2-1-3-5-12/h1-8,17H,9H2,(H,16,18). The van der Waals surface area contributed by atoms with Gasteiger partial charge in [0.05, 0.1) is 6.61 Å². The molecule has 0 unspecified atom stereocenters. The molecule has 0 heterocycles. The zero-order valence-corrected chi connectivity index (χ0v) is 10.3. The van der Waals surface area contributed by atoms with Crippen molar-refractivity contribution in [1.82, 2.24) is 0 Å². The molecular weight excluding hydrogens is 250 g/mol. The van der Waals surface area contributed by atoms with Crippen LogP contribution in [-0.4, -0.2) is 11.0 Å². The van der Waals surface area contributed by atoms with Crippen LogP contribution in [0.5, 0.6) is 0 Å². The van der Waals surface area contributed by atoms with Gasteiger partial charge in [0, 0.05) is 16.3 Å². The number of anilines is 1. The molecule has 0 saturated carbocycles. The number of nitrogens with one attached hydrogen (secondary N) is 1. The maximum absolute atomic E-state index is 12.1. The van der Waals surface area contributed by atoms with E-state index in [1.165, 1.54) is 0 Å². The minimum absolute atomic E-state index is 0.200. The van der Waals surface area contributed by atoms with Crippen LogP contribution in [0, 0.1) is 0 Å². The average molecular weight is 262 g/mol. The normalized spacial score (nSPS) is 10.1. The van der Waals surface area contributed by atoms with Crippen molar-refractivity contribution in [1.29, 1.82) is 0 Å². The summed E-state index contributed by atoms with van der Waals surface area (Å²) in [5.74, 6) is -0.284. The van der Waals surface area contributed by atoms with Crippen molar-refractivity contribution in [2.75, 3.05) is 5.32 Å². The molecule has 0 aliphatic carbocycles. The minimum Gasteiger partial charge on any atom is -0.392 e. The van der Waals surface area contributed by atoms with E-state index in [4.69, 9.17) is 11.6 Å². The van der Waals surface area contributed by atoms with Gasteiger partial charge in [0.25, 0.3) is 5.91 Å². The van der Waals surface area contributed by atoms with E-state index < -0.39 is 0 Å². The summed E-state index contributed by atoms with van der Waals surface area (Å²) in [4.78, 5) is 12.1. The Labute approximate surface area is 110 Å². The summed E-state index contributed by atoms with van der Waals surface area (Å²) >= 11 is 5.86. The molecule has 0 fully saturated rings. The molecule has 2 aromatic carbocycles. The lowest BCUT2D eigenvalue weighted by Crippen LogP contribution is -2.14. The van der Waals surface area contributed by atoms with Crippen molar-refractivity contribution in [3.8, 4) is 0 Å². The quantitative estimate of drug-likeness (QED) is 0.892. The van der Waals surface area contributed by atoms with E-state index in [-0.39, 0.29) is 12.5 Å². The van der Waals surface area contributed by atoms with Gasteiger partial charge in [-0.05, 0) is 29.8 Å². The number of rotatable bonds is 3. The van der Waals surface area contributed by atoms with E-state index in [1.54, 1.807) is 30.3 Å². The van der Waals surface area contributed by atoms with Gasteiger partial charge in [0.15, 0.2) is 0 Å². The van der Waals surface area contributed by atoms with E-state index >= 15 is 0 Å². The molecule has 1 amide bonds. The van der Waals surface area contributed by atoms with Crippen LogP contribution in [0.15, 0.2) is 48.5 Å². The van der Waals surface area contributed by atoms with Gasteiger partial charge in [0.1, 0.15) is 0 Å². The predicted molar refractivity (Wildman–Crippen MR) is 71.8 cm³/mol. The first-order valence-electron chi connectivity index (χ1n) is 5.46. The van der Waals surface area contributed by atoms with E-state index in [0.717, 1.165) is 0 Å². The summed E-state index contributed by atoms with van der Waals surface area (Å²) in [6, 6.07) is 14.0. The number of amides is 1. The van der Waals surface area contributed by atoms with Crippen molar-refractivity contribution in [2.45, 2.75) is 6.61 Å². The first kappa shape index (κ1) is 12.6. The molecule has 92 valence electrons. The summed E-state index contributed by atoms with van der Waals surface area (Å²) in [5.41, 5.74) is 1.63. The molecule has 0 atom stereocenters. The Bertz CT molecular complexity index is 555. The highest BCUT2D eigenvalue weighted by molar-refractivity contribution is 6.31. The van der Waals surface area contributed by atoms with Crippen LogP contribution in [0.3, 0.4) is 0 Å². The number of aliphatic hydroxyl groups excluding tert-OH is 1. The van der Waals surface area contributed by atoms with E-state index in [0.29, 0.717) is 21.8 Å². The lowest BCUT2D eigenvalue weighted by molar-refractivity contribution is 0.102. The van der Waals surface area contributed by atoms with Gasteiger partial charge in [-0.1, -0.05) is 35.9 Å². The van der Waals surface area contributed by atoms with Gasteiger partial charge in [-0.3, -0.25) is 4.79 Å². The van der Waals surface area contributed by atoms with Crippen molar-refractivity contribution in [2.24, 2.45) is 0 Å². The second kappa shape index (κ2) is 5.67. The molecule has 3 nitrogen and oxygen atoms in total. The number of carbonyl (C=O) groups is 1. The van der Waals surface area contributed by atoms with Crippen LogP contribution in [0.4, 0.5) is 5.69 Å². The SMILES string of the molecule is O=C(Nc1ccccc1)c1cc(Cl)ccc1CO. The maximum Gasteiger partial charge on any atom is 0.256 e. The largest absolute Gasteiger partial charge is 0.392 e. The van der Waals surface area contributed by atoms with Crippen LogP contribution < -0.4 is 5.32 Å². The fourth-order valence-corrected chi connectivity index (χ4v) is 1.79. The number of benzene rings is 2. The Hall–Kier alpha value is -1.84. The molecule has 0 aliphatic rings. The van der Waals surface area contributed by atoms with E-state index in [1.807, 2.05) is 18.2 Å². The molecule has 0 aliphatic heterocycles. The summed E-state index contributed by atoms with van der Waals surface area (Å²) in [6.45, 7) is -0.200. The molecule has 0 saturated heterocycles. The lowest BCUT2D eigenvalue weighted by atomic mass is 10.1. The minimum atomic E-state index is -0.284. The lowest BCUT2D eigenvalue weighted by Gasteiger charge is -2.09. The van der Waals surface area contributed by atoms with Crippen LogP contribution in [0.1, 0.15) is 15.9 Å². The number of para-hydroxylation sites is 1.